The third-order valence-corrected chi connectivity index (χ3v) is 2.82. The van der Waals surface area contributed by atoms with Crippen molar-refractivity contribution < 1.29 is 23.1 Å². The molecule has 0 bridgehead atoms. The Morgan fingerprint density at radius 2 is 1.95 bits per heavy atom. The Morgan fingerprint density at radius 3 is 2.42 bits per heavy atom. The number of rotatable bonds is 4. The summed E-state index contributed by atoms with van der Waals surface area (Å²) in [5.74, 6) is -1.19. The maximum Gasteiger partial charge on any atom is 0.389 e. The van der Waals surface area contributed by atoms with E-state index < -0.39 is 24.1 Å². The topological polar surface area (TPSA) is 59.3 Å². The van der Waals surface area contributed by atoms with Crippen molar-refractivity contribution in [2.24, 2.45) is 0 Å². The Kier molecular flexibility index (Phi) is 4.39. The SMILES string of the molecule is Cc1cc(=O)n(CCCC(F)(F)F)c(C)c1C(=O)O. The summed E-state index contributed by atoms with van der Waals surface area (Å²) >= 11 is 0. The summed E-state index contributed by atoms with van der Waals surface area (Å²) in [6.07, 6.45) is -5.54. The second-order valence-electron chi connectivity index (χ2n) is 4.30. The number of aryl methyl sites for hydroxylation is 1. The molecule has 0 aliphatic rings. The van der Waals surface area contributed by atoms with E-state index in [0.29, 0.717) is 5.56 Å². The molecule has 0 fully saturated rings. The molecule has 0 aliphatic carbocycles. The maximum atomic E-state index is 12.0. The van der Waals surface area contributed by atoms with Crippen LogP contribution in [0.3, 0.4) is 0 Å². The second kappa shape index (κ2) is 5.46. The molecule has 0 aliphatic heterocycles. The molecular weight excluding hydrogens is 263 g/mol. The summed E-state index contributed by atoms with van der Waals surface area (Å²) < 4.78 is 37.2. The summed E-state index contributed by atoms with van der Waals surface area (Å²) in [5.41, 5.74) is -0.0319. The van der Waals surface area contributed by atoms with E-state index in [2.05, 4.69) is 0 Å². The van der Waals surface area contributed by atoms with Crippen molar-refractivity contribution in [3.05, 3.63) is 33.2 Å². The fourth-order valence-corrected chi connectivity index (χ4v) is 1.96. The Hall–Kier alpha value is -1.79. The van der Waals surface area contributed by atoms with Crippen molar-refractivity contribution in [2.75, 3.05) is 0 Å². The maximum absolute atomic E-state index is 12.0. The minimum Gasteiger partial charge on any atom is -0.478 e. The molecule has 0 spiro atoms. The zero-order valence-electron chi connectivity index (χ0n) is 10.5. The standard InChI is InChI=1S/C12H14F3NO3/c1-7-6-9(17)16(5-3-4-12(13,14)15)8(2)10(7)11(18)19/h6H,3-5H2,1-2H3,(H,18,19). The van der Waals surface area contributed by atoms with Gasteiger partial charge in [0.2, 0.25) is 0 Å². The second-order valence-corrected chi connectivity index (χ2v) is 4.30. The number of pyridine rings is 1. The van der Waals surface area contributed by atoms with E-state index in [1.807, 2.05) is 0 Å². The highest BCUT2D eigenvalue weighted by Gasteiger charge is 2.26. The highest BCUT2D eigenvalue weighted by molar-refractivity contribution is 5.90. The van der Waals surface area contributed by atoms with Crippen molar-refractivity contribution in [3.8, 4) is 0 Å². The number of alkyl halides is 3. The molecule has 0 saturated carbocycles. The lowest BCUT2D eigenvalue weighted by molar-refractivity contribution is -0.135. The quantitative estimate of drug-likeness (QED) is 0.919. The van der Waals surface area contributed by atoms with Gasteiger partial charge < -0.3 is 9.67 Å². The zero-order chi connectivity index (χ0) is 14.8. The van der Waals surface area contributed by atoms with Gasteiger partial charge in [-0.1, -0.05) is 0 Å². The molecule has 0 radical (unpaired) electrons. The minimum atomic E-state index is -4.28. The average Bonchev–Trinajstić information content (AvgIpc) is 2.20. The number of hydrogen-bond acceptors (Lipinski definition) is 2. The average molecular weight is 277 g/mol. The van der Waals surface area contributed by atoms with Gasteiger partial charge in [-0.25, -0.2) is 4.79 Å². The summed E-state index contributed by atoms with van der Waals surface area (Å²) in [4.78, 5) is 22.7. The number of aromatic nitrogens is 1. The first-order valence-electron chi connectivity index (χ1n) is 5.64. The van der Waals surface area contributed by atoms with Gasteiger partial charge in [-0.2, -0.15) is 13.2 Å². The van der Waals surface area contributed by atoms with Crippen LogP contribution in [0, 0.1) is 13.8 Å². The molecular formula is C12H14F3NO3. The molecule has 0 amide bonds. The predicted molar refractivity (Wildman–Crippen MR) is 62.4 cm³/mol. The van der Waals surface area contributed by atoms with Gasteiger partial charge in [0.05, 0.1) is 5.56 Å². The van der Waals surface area contributed by atoms with Gasteiger partial charge in [0.25, 0.3) is 5.56 Å². The fourth-order valence-electron chi connectivity index (χ4n) is 1.96. The molecule has 1 rings (SSSR count). The number of aromatic carboxylic acids is 1. The lowest BCUT2D eigenvalue weighted by Crippen LogP contribution is -2.26. The first-order valence-corrected chi connectivity index (χ1v) is 5.64. The fraction of sp³-hybridized carbons (Fsp3) is 0.500. The largest absolute Gasteiger partial charge is 0.478 e. The van der Waals surface area contributed by atoms with Crippen LogP contribution in [-0.4, -0.2) is 21.8 Å². The van der Waals surface area contributed by atoms with Gasteiger partial charge in [-0.15, -0.1) is 0 Å². The molecule has 7 heteroatoms. The molecule has 106 valence electrons. The van der Waals surface area contributed by atoms with Crippen LogP contribution in [0.2, 0.25) is 0 Å². The molecule has 0 atom stereocenters. The summed E-state index contributed by atoms with van der Waals surface area (Å²) in [5, 5.41) is 9.02. The molecule has 1 aromatic heterocycles. The Labute approximate surface area is 107 Å². The molecule has 0 saturated heterocycles. The van der Waals surface area contributed by atoms with Gasteiger partial charge in [0.1, 0.15) is 0 Å². The molecule has 0 unspecified atom stereocenters. The van der Waals surface area contributed by atoms with Gasteiger partial charge in [-0.3, -0.25) is 4.79 Å². The van der Waals surface area contributed by atoms with Crippen molar-refractivity contribution in [3.63, 3.8) is 0 Å². The number of hydrogen-bond donors (Lipinski definition) is 1. The molecule has 0 aromatic carbocycles. The molecule has 1 heterocycles. The Balaban J connectivity index is 3.05. The van der Waals surface area contributed by atoms with E-state index in [-0.39, 0.29) is 24.2 Å². The van der Waals surface area contributed by atoms with Gasteiger partial charge >= 0.3 is 12.1 Å². The summed E-state index contributed by atoms with van der Waals surface area (Å²) in [7, 11) is 0. The van der Waals surface area contributed by atoms with Crippen molar-refractivity contribution in [1.82, 2.24) is 4.57 Å². The van der Waals surface area contributed by atoms with Crippen LogP contribution in [0.4, 0.5) is 13.2 Å². The first-order chi connectivity index (χ1) is 8.63. The molecule has 1 aromatic rings. The highest BCUT2D eigenvalue weighted by Crippen LogP contribution is 2.22. The van der Waals surface area contributed by atoms with Gasteiger partial charge in [0.15, 0.2) is 0 Å². The van der Waals surface area contributed by atoms with Crippen LogP contribution >= 0.6 is 0 Å². The van der Waals surface area contributed by atoms with Crippen LogP contribution in [-0.2, 0) is 6.54 Å². The molecule has 1 N–H and O–H groups in total. The summed E-state index contributed by atoms with van der Waals surface area (Å²) in [6.45, 7) is 2.76. The van der Waals surface area contributed by atoms with E-state index in [4.69, 9.17) is 5.11 Å². The van der Waals surface area contributed by atoms with Gasteiger partial charge in [0, 0.05) is 24.7 Å². The number of carboxylic acids is 1. The monoisotopic (exact) mass is 277 g/mol. The third kappa shape index (κ3) is 3.84. The van der Waals surface area contributed by atoms with E-state index >= 15 is 0 Å². The number of nitrogens with zero attached hydrogens (tertiary/aromatic N) is 1. The zero-order valence-corrected chi connectivity index (χ0v) is 10.5. The van der Waals surface area contributed by atoms with Gasteiger partial charge in [-0.05, 0) is 25.8 Å². The lowest BCUT2D eigenvalue weighted by Gasteiger charge is -2.14. The van der Waals surface area contributed by atoms with E-state index in [1.54, 1.807) is 0 Å². The lowest BCUT2D eigenvalue weighted by atomic mass is 10.1. The van der Waals surface area contributed by atoms with Crippen LogP contribution in [0.5, 0.6) is 0 Å². The van der Waals surface area contributed by atoms with E-state index in [1.165, 1.54) is 13.8 Å². The predicted octanol–water partition coefficient (Wildman–Crippen LogP) is 2.51. The number of halogens is 3. The number of carboxylic acid groups (broad SMARTS) is 1. The highest BCUT2D eigenvalue weighted by atomic mass is 19.4. The minimum absolute atomic E-state index is 0.0355. The number of carbonyl (C=O) groups is 1. The smallest absolute Gasteiger partial charge is 0.389 e. The van der Waals surface area contributed by atoms with Crippen LogP contribution < -0.4 is 5.56 Å². The Morgan fingerprint density at radius 1 is 1.37 bits per heavy atom. The van der Waals surface area contributed by atoms with Crippen LogP contribution in [0.25, 0.3) is 0 Å². The van der Waals surface area contributed by atoms with Crippen molar-refractivity contribution in [2.45, 2.75) is 39.4 Å². The van der Waals surface area contributed by atoms with E-state index in [0.717, 1.165) is 10.6 Å². The van der Waals surface area contributed by atoms with E-state index in [9.17, 15) is 22.8 Å². The summed E-state index contributed by atoms with van der Waals surface area (Å²) in [6, 6.07) is 1.13. The van der Waals surface area contributed by atoms with Crippen molar-refractivity contribution in [1.29, 1.82) is 0 Å². The molecule has 4 nitrogen and oxygen atoms in total. The first kappa shape index (κ1) is 15.3. The van der Waals surface area contributed by atoms with Crippen LogP contribution in [0.1, 0.15) is 34.5 Å². The van der Waals surface area contributed by atoms with Crippen molar-refractivity contribution >= 4 is 5.97 Å². The Bertz CT molecular complexity index is 546. The molecule has 19 heavy (non-hydrogen) atoms. The third-order valence-electron chi connectivity index (χ3n) is 2.82. The van der Waals surface area contributed by atoms with Crippen LogP contribution in [0.15, 0.2) is 10.9 Å². The normalized spacial score (nSPS) is 11.6.